The topological polar surface area (TPSA) is 25.8 Å². The van der Waals surface area contributed by atoms with Gasteiger partial charge in [0.2, 0.25) is 13.4 Å². The van der Waals surface area contributed by atoms with Crippen LogP contribution in [-0.4, -0.2) is 23.4 Å². The maximum atomic E-state index is 5.22. The number of hydrogen-bond donors (Lipinski definition) is 0. The van der Waals surface area contributed by atoms with E-state index in [2.05, 4.69) is 170 Å². The number of hydrogen-bond acceptors (Lipinski definition) is 4. The van der Waals surface area contributed by atoms with Gasteiger partial charge >= 0.3 is 0 Å². The van der Waals surface area contributed by atoms with Crippen molar-refractivity contribution in [2.45, 2.75) is 0 Å². The lowest BCUT2D eigenvalue weighted by Gasteiger charge is -2.18. The predicted molar refractivity (Wildman–Crippen MR) is 201 cm³/mol. The second-order valence-corrected chi connectivity index (χ2v) is 13.3. The van der Waals surface area contributed by atoms with Gasteiger partial charge in [-0.15, -0.1) is 0 Å². The molecule has 8 aromatic rings. The van der Waals surface area contributed by atoms with E-state index in [1.165, 1.54) is 32.8 Å². The lowest BCUT2D eigenvalue weighted by Crippen LogP contribution is -2.52. The molecule has 0 bridgehead atoms. The summed E-state index contributed by atoms with van der Waals surface area (Å²) in [6.45, 7) is 0.202. The van der Waals surface area contributed by atoms with E-state index in [9.17, 15) is 0 Å². The SMILES string of the molecule is c1ccc(B(c2ccccc2)c2ccccc2-c2nc3sc(-c4ccccc4B(c4ccccc4)c4ccccc4)nc3s2)cc1. The zero-order valence-electron chi connectivity index (χ0n) is 25.0. The Hall–Kier alpha value is -5.03. The normalized spacial score (nSPS) is 11.0. The first-order valence-corrected chi connectivity index (χ1v) is 17.1. The number of aromatic nitrogens is 2. The zero-order valence-corrected chi connectivity index (χ0v) is 26.7. The molecule has 2 aromatic heterocycles. The van der Waals surface area contributed by atoms with Gasteiger partial charge in [0.1, 0.15) is 10.0 Å². The second-order valence-electron chi connectivity index (χ2n) is 11.3. The minimum atomic E-state index is 0.101. The van der Waals surface area contributed by atoms with Crippen LogP contribution in [-0.2, 0) is 0 Å². The fourth-order valence-corrected chi connectivity index (χ4v) is 8.58. The van der Waals surface area contributed by atoms with Crippen LogP contribution in [0.4, 0.5) is 0 Å². The minimum Gasteiger partial charge on any atom is -0.223 e. The van der Waals surface area contributed by atoms with Crippen LogP contribution < -0.4 is 32.8 Å². The van der Waals surface area contributed by atoms with Gasteiger partial charge in [-0.05, 0) is 0 Å². The Morgan fingerprint density at radius 2 is 0.609 bits per heavy atom. The van der Waals surface area contributed by atoms with Crippen molar-refractivity contribution in [3.8, 4) is 21.1 Å². The van der Waals surface area contributed by atoms with Crippen molar-refractivity contribution in [2.24, 2.45) is 0 Å². The highest BCUT2D eigenvalue weighted by molar-refractivity contribution is 7.29. The second kappa shape index (κ2) is 12.8. The van der Waals surface area contributed by atoms with Crippen molar-refractivity contribution in [1.82, 2.24) is 9.97 Å². The highest BCUT2D eigenvalue weighted by Gasteiger charge is 2.28. The van der Waals surface area contributed by atoms with Crippen molar-refractivity contribution in [3.05, 3.63) is 170 Å². The van der Waals surface area contributed by atoms with Gasteiger partial charge in [0.15, 0.2) is 9.66 Å². The first-order valence-electron chi connectivity index (χ1n) is 15.5. The molecule has 0 aliphatic heterocycles. The molecule has 6 heteroatoms. The van der Waals surface area contributed by atoms with Crippen molar-refractivity contribution in [3.63, 3.8) is 0 Å². The monoisotopic (exact) mass is 622 g/mol. The number of thiazole rings is 2. The Bertz CT molecular complexity index is 1950. The molecule has 0 amide bonds. The molecule has 0 saturated carbocycles. The molecule has 0 aliphatic carbocycles. The summed E-state index contributed by atoms with van der Waals surface area (Å²) in [5, 5.41) is 2.01. The first kappa shape index (κ1) is 28.4. The van der Waals surface area contributed by atoms with Gasteiger partial charge in [0, 0.05) is 11.1 Å². The van der Waals surface area contributed by atoms with Crippen molar-refractivity contribution in [1.29, 1.82) is 0 Å². The van der Waals surface area contributed by atoms with Gasteiger partial charge in [-0.25, -0.2) is 9.97 Å². The van der Waals surface area contributed by atoms with E-state index in [0.29, 0.717) is 0 Å². The molecule has 0 atom stereocenters. The standard InChI is InChI=1S/C40H28B2N2S2/c1-5-17-29(18-6-1)41(30-19-7-2-8-20-30)35-27-15-13-25-33(35)37-43-39-40(45-37)44-38(46-39)34-26-14-16-28-36(34)42(31-21-9-3-10-22-31)32-23-11-4-12-24-32/h1-28H. The van der Waals surface area contributed by atoms with E-state index in [1.807, 2.05) is 0 Å². The maximum absolute atomic E-state index is 5.22. The molecule has 0 aliphatic rings. The Labute approximate surface area is 278 Å². The summed E-state index contributed by atoms with van der Waals surface area (Å²) in [5.41, 5.74) is 9.88. The van der Waals surface area contributed by atoms with Gasteiger partial charge in [0.25, 0.3) is 0 Å². The lowest BCUT2D eigenvalue weighted by atomic mass is 9.36. The van der Waals surface area contributed by atoms with Gasteiger partial charge < -0.3 is 0 Å². The van der Waals surface area contributed by atoms with Crippen LogP contribution in [0.5, 0.6) is 0 Å². The van der Waals surface area contributed by atoms with E-state index in [0.717, 1.165) is 30.8 Å². The zero-order chi connectivity index (χ0) is 30.7. The smallest absolute Gasteiger partial charge is 0.223 e. The van der Waals surface area contributed by atoms with E-state index in [-0.39, 0.29) is 13.4 Å². The highest BCUT2D eigenvalue weighted by atomic mass is 32.1. The summed E-state index contributed by atoms with van der Waals surface area (Å²) in [6.07, 6.45) is 0. The Morgan fingerprint density at radius 3 is 0.935 bits per heavy atom. The molecule has 216 valence electrons. The molecule has 2 heterocycles. The number of rotatable bonds is 8. The van der Waals surface area contributed by atoms with Gasteiger partial charge in [0.05, 0.1) is 0 Å². The first-order chi connectivity index (χ1) is 22.8. The average Bonchev–Trinajstić information content (AvgIpc) is 3.71. The van der Waals surface area contributed by atoms with Crippen LogP contribution in [0.2, 0.25) is 0 Å². The van der Waals surface area contributed by atoms with Crippen LogP contribution in [0.25, 0.3) is 30.8 Å². The van der Waals surface area contributed by atoms with Crippen LogP contribution in [0.3, 0.4) is 0 Å². The quantitative estimate of drug-likeness (QED) is 0.191. The summed E-state index contributed by atoms with van der Waals surface area (Å²) in [6, 6.07) is 60.5. The summed E-state index contributed by atoms with van der Waals surface area (Å²) in [5.74, 6) is 0. The average molecular weight is 622 g/mol. The number of benzene rings is 6. The molecule has 0 fully saturated rings. The molecule has 0 N–H and O–H groups in total. The Morgan fingerprint density at radius 1 is 0.326 bits per heavy atom. The van der Waals surface area contributed by atoms with Gasteiger partial charge in [-0.3, -0.25) is 0 Å². The summed E-state index contributed by atoms with van der Waals surface area (Å²) < 4.78 is 0. The Balaban J connectivity index is 1.21. The summed E-state index contributed by atoms with van der Waals surface area (Å²) in [4.78, 5) is 12.4. The largest absolute Gasteiger partial charge is 0.242 e. The fourth-order valence-electron chi connectivity index (χ4n) is 6.44. The summed E-state index contributed by atoms with van der Waals surface area (Å²) >= 11 is 3.37. The van der Waals surface area contributed by atoms with Crippen LogP contribution in [0.15, 0.2) is 170 Å². The molecule has 0 radical (unpaired) electrons. The molecule has 8 rings (SSSR count). The molecule has 0 spiro atoms. The van der Waals surface area contributed by atoms with Crippen molar-refractivity contribution >= 4 is 78.5 Å². The lowest BCUT2D eigenvalue weighted by molar-refractivity contribution is 1.49. The molecule has 2 nitrogen and oxygen atoms in total. The molecule has 6 aromatic carbocycles. The number of nitrogens with zero attached hydrogens (tertiary/aromatic N) is 2. The fraction of sp³-hybridized carbons (Fsp3) is 0. The Kier molecular flexibility index (Phi) is 7.89. The molecule has 0 unspecified atom stereocenters. The van der Waals surface area contributed by atoms with E-state index in [1.54, 1.807) is 22.7 Å². The third-order valence-electron chi connectivity index (χ3n) is 8.51. The molecule has 46 heavy (non-hydrogen) atoms. The highest BCUT2D eigenvalue weighted by Crippen LogP contribution is 2.36. The summed E-state index contributed by atoms with van der Waals surface area (Å²) in [7, 11) is 0. The van der Waals surface area contributed by atoms with Crippen LogP contribution >= 0.6 is 22.7 Å². The van der Waals surface area contributed by atoms with Gasteiger partial charge in [-0.2, -0.15) is 0 Å². The van der Waals surface area contributed by atoms with Crippen LogP contribution in [0.1, 0.15) is 0 Å². The van der Waals surface area contributed by atoms with E-state index >= 15 is 0 Å². The van der Waals surface area contributed by atoms with Crippen LogP contribution in [0, 0.1) is 0 Å². The van der Waals surface area contributed by atoms with E-state index in [4.69, 9.17) is 9.97 Å². The van der Waals surface area contributed by atoms with Gasteiger partial charge in [-0.1, -0.05) is 225 Å². The maximum Gasteiger partial charge on any atom is 0.242 e. The molecular weight excluding hydrogens is 594 g/mol. The van der Waals surface area contributed by atoms with E-state index < -0.39 is 0 Å². The minimum absolute atomic E-state index is 0.101. The van der Waals surface area contributed by atoms with Crippen molar-refractivity contribution < 1.29 is 0 Å². The third-order valence-corrected chi connectivity index (χ3v) is 10.6. The van der Waals surface area contributed by atoms with Crippen molar-refractivity contribution in [2.75, 3.05) is 0 Å². The third kappa shape index (κ3) is 5.51. The predicted octanol–water partition coefficient (Wildman–Crippen LogP) is 6.12. The molecular formula is C40H28B2N2S2. The number of fused-ring (bicyclic) bond motifs is 1. The molecule has 0 saturated heterocycles.